The van der Waals surface area contributed by atoms with Crippen LogP contribution in [-0.2, 0) is 0 Å². The van der Waals surface area contributed by atoms with E-state index < -0.39 is 0 Å². The first-order chi connectivity index (χ1) is 5.42. The fourth-order valence-corrected chi connectivity index (χ4v) is 2.04. The van der Waals surface area contributed by atoms with Crippen LogP contribution in [0, 0.1) is 0 Å². The van der Waals surface area contributed by atoms with Crippen molar-refractivity contribution < 1.29 is 0 Å². The molecule has 0 aromatic carbocycles. The molecule has 1 aliphatic heterocycles. The van der Waals surface area contributed by atoms with Crippen molar-refractivity contribution in [2.24, 2.45) is 5.73 Å². The topological polar surface area (TPSA) is 42.1 Å². The lowest BCUT2D eigenvalue weighted by Gasteiger charge is -2.40. The first-order valence-corrected chi connectivity index (χ1v) is 4.66. The minimum Gasteiger partial charge on any atom is -0.344 e. The molecule has 0 radical (unpaired) electrons. The molecule has 0 bridgehead atoms. The third-order valence-electron chi connectivity index (χ3n) is 2.08. The highest BCUT2D eigenvalue weighted by Crippen LogP contribution is 2.27. The Labute approximate surface area is 69.8 Å². The Kier molecular flexibility index (Phi) is 1.79. The molecule has 1 fully saturated rings. The highest BCUT2D eigenvalue weighted by atomic mass is 32.1. The summed E-state index contributed by atoms with van der Waals surface area (Å²) in [7, 11) is 0. The van der Waals surface area contributed by atoms with E-state index in [9.17, 15) is 0 Å². The minimum atomic E-state index is 0.543. The summed E-state index contributed by atoms with van der Waals surface area (Å²) in [6.07, 6.45) is 3.06. The fourth-order valence-electron chi connectivity index (χ4n) is 1.30. The molecule has 0 amide bonds. The summed E-state index contributed by atoms with van der Waals surface area (Å²) >= 11 is 1.69. The van der Waals surface area contributed by atoms with Crippen LogP contribution >= 0.6 is 11.3 Å². The van der Waals surface area contributed by atoms with Gasteiger partial charge in [0.25, 0.3) is 0 Å². The second-order valence-corrected chi connectivity index (χ2v) is 3.56. The monoisotopic (exact) mass is 169 g/mol. The number of anilines is 1. The smallest absolute Gasteiger partial charge is 0.185 e. The largest absolute Gasteiger partial charge is 0.344 e. The molecule has 60 valence electrons. The Morgan fingerprint density at radius 3 is 3.18 bits per heavy atom. The molecule has 11 heavy (non-hydrogen) atoms. The maximum Gasteiger partial charge on any atom is 0.185 e. The van der Waals surface area contributed by atoms with Crippen LogP contribution in [0.25, 0.3) is 0 Å². The van der Waals surface area contributed by atoms with E-state index in [4.69, 9.17) is 5.73 Å². The van der Waals surface area contributed by atoms with E-state index in [2.05, 4.69) is 9.88 Å². The van der Waals surface area contributed by atoms with Crippen molar-refractivity contribution in [3.8, 4) is 0 Å². The van der Waals surface area contributed by atoms with E-state index >= 15 is 0 Å². The number of rotatable bonds is 2. The molecule has 0 aliphatic carbocycles. The van der Waals surface area contributed by atoms with Crippen molar-refractivity contribution in [1.29, 1.82) is 0 Å². The summed E-state index contributed by atoms with van der Waals surface area (Å²) < 4.78 is 0. The van der Waals surface area contributed by atoms with E-state index in [1.54, 1.807) is 11.3 Å². The number of hydrogen-bond donors (Lipinski definition) is 1. The van der Waals surface area contributed by atoms with E-state index in [0.29, 0.717) is 6.04 Å². The summed E-state index contributed by atoms with van der Waals surface area (Å²) in [6.45, 7) is 1.87. The molecular formula is C7H11N3S. The van der Waals surface area contributed by atoms with Crippen LogP contribution in [-0.4, -0.2) is 24.1 Å². The average molecular weight is 169 g/mol. The van der Waals surface area contributed by atoms with Gasteiger partial charge in [-0.25, -0.2) is 4.98 Å². The highest BCUT2D eigenvalue weighted by molar-refractivity contribution is 7.13. The van der Waals surface area contributed by atoms with Gasteiger partial charge in [-0.05, 0) is 6.42 Å². The molecule has 1 saturated heterocycles. The molecule has 0 spiro atoms. The second-order valence-electron chi connectivity index (χ2n) is 2.69. The quantitative estimate of drug-likeness (QED) is 0.708. The van der Waals surface area contributed by atoms with Crippen molar-refractivity contribution in [1.82, 2.24) is 4.98 Å². The number of aromatic nitrogens is 1. The molecule has 3 nitrogen and oxygen atoms in total. The molecule has 2 heterocycles. The predicted molar refractivity (Wildman–Crippen MR) is 46.9 cm³/mol. The van der Waals surface area contributed by atoms with Crippen LogP contribution < -0.4 is 10.6 Å². The molecule has 1 aromatic rings. The van der Waals surface area contributed by atoms with Crippen molar-refractivity contribution in [2.45, 2.75) is 12.5 Å². The predicted octanol–water partition coefficient (Wildman–Crippen LogP) is 0.680. The molecular weight excluding hydrogens is 158 g/mol. The van der Waals surface area contributed by atoms with Gasteiger partial charge in [-0.3, -0.25) is 0 Å². The minimum absolute atomic E-state index is 0.543. The van der Waals surface area contributed by atoms with E-state index in [1.807, 2.05) is 11.6 Å². The SMILES string of the molecule is NCC1CCN1c1nccs1. The van der Waals surface area contributed by atoms with Gasteiger partial charge in [-0.1, -0.05) is 0 Å². The van der Waals surface area contributed by atoms with Crippen molar-refractivity contribution in [3.05, 3.63) is 11.6 Å². The van der Waals surface area contributed by atoms with Gasteiger partial charge in [-0.2, -0.15) is 0 Å². The zero-order valence-corrected chi connectivity index (χ0v) is 7.05. The van der Waals surface area contributed by atoms with Gasteiger partial charge in [0.15, 0.2) is 5.13 Å². The Hall–Kier alpha value is -0.610. The van der Waals surface area contributed by atoms with Gasteiger partial charge in [-0.15, -0.1) is 11.3 Å². The van der Waals surface area contributed by atoms with Gasteiger partial charge in [0.2, 0.25) is 0 Å². The Bertz CT molecular complexity index is 220. The molecule has 4 heteroatoms. The molecule has 0 saturated carbocycles. The number of thiazole rings is 1. The summed E-state index contributed by atoms with van der Waals surface area (Å²) in [4.78, 5) is 6.49. The van der Waals surface area contributed by atoms with E-state index in [0.717, 1.165) is 18.2 Å². The molecule has 2 rings (SSSR count). The van der Waals surface area contributed by atoms with Crippen LogP contribution in [0.15, 0.2) is 11.6 Å². The summed E-state index contributed by atoms with van der Waals surface area (Å²) in [5, 5.41) is 3.12. The summed E-state index contributed by atoms with van der Waals surface area (Å²) in [6, 6.07) is 0.543. The van der Waals surface area contributed by atoms with Crippen molar-refractivity contribution in [3.63, 3.8) is 0 Å². The first-order valence-electron chi connectivity index (χ1n) is 3.78. The fraction of sp³-hybridized carbons (Fsp3) is 0.571. The Morgan fingerprint density at radius 2 is 2.73 bits per heavy atom. The molecule has 1 atom stereocenters. The molecule has 1 aromatic heterocycles. The van der Waals surface area contributed by atoms with Crippen LogP contribution in [0.4, 0.5) is 5.13 Å². The van der Waals surface area contributed by atoms with Gasteiger partial charge in [0.1, 0.15) is 0 Å². The first kappa shape index (κ1) is 7.06. The van der Waals surface area contributed by atoms with Gasteiger partial charge >= 0.3 is 0 Å². The van der Waals surface area contributed by atoms with Crippen molar-refractivity contribution in [2.75, 3.05) is 18.0 Å². The van der Waals surface area contributed by atoms with Crippen molar-refractivity contribution >= 4 is 16.5 Å². The van der Waals surface area contributed by atoms with Gasteiger partial charge in [0, 0.05) is 30.7 Å². The van der Waals surface area contributed by atoms with Crippen LogP contribution in [0.3, 0.4) is 0 Å². The summed E-state index contributed by atoms with van der Waals surface area (Å²) in [5.41, 5.74) is 5.57. The van der Waals surface area contributed by atoms with E-state index in [1.165, 1.54) is 6.42 Å². The van der Waals surface area contributed by atoms with Crippen LogP contribution in [0.5, 0.6) is 0 Å². The third kappa shape index (κ3) is 1.12. The lowest BCUT2D eigenvalue weighted by atomic mass is 10.1. The number of hydrogen-bond acceptors (Lipinski definition) is 4. The number of nitrogens with two attached hydrogens (primary N) is 1. The third-order valence-corrected chi connectivity index (χ3v) is 2.89. The lowest BCUT2D eigenvalue weighted by molar-refractivity contribution is 0.455. The maximum atomic E-state index is 5.57. The molecule has 2 N–H and O–H groups in total. The molecule has 1 aliphatic rings. The summed E-state index contributed by atoms with van der Waals surface area (Å²) in [5.74, 6) is 0. The Morgan fingerprint density at radius 1 is 1.82 bits per heavy atom. The Balaban J connectivity index is 2.07. The second kappa shape index (κ2) is 2.79. The van der Waals surface area contributed by atoms with Gasteiger partial charge < -0.3 is 10.6 Å². The standard InChI is InChI=1S/C7H11N3S/c8-5-6-1-3-10(6)7-9-2-4-11-7/h2,4,6H,1,3,5,8H2. The van der Waals surface area contributed by atoms with E-state index in [-0.39, 0.29) is 0 Å². The lowest BCUT2D eigenvalue weighted by Crippen LogP contribution is -2.51. The highest BCUT2D eigenvalue weighted by Gasteiger charge is 2.27. The van der Waals surface area contributed by atoms with Crippen LogP contribution in [0.2, 0.25) is 0 Å². The molecule has 1 unspecified atom stereocenters. The normalized spacial score (nSPS) is 23.4. The zero-order valence-electron chi connectivity index (χ0n) is 6.23. The van der Waals surface area contributed by atoms with Crippen LogP contribution in [0.1, 0.15) is 6.42 Å². The zero-order chi connectivity index (χ0) is 7.68. The van der Waals surface area contributed by atoms with Gasteiger partial charge in [0.05, 0.1) is 0 Å². The number of nitrogens with zero attached hydrogens (tertiary/aromatic N) is 2. The maximum absolute atomic E-state index is 5.57. The average Bonchev–Trinajstić information content (AvgIpc) is 2.39.